The van der Waals surface area contributed by atoms with Crippen molar-refractivity contribution in [2.45, 2.75) is 61.8 Å². The Hall–Kier alpha value is -1.56. The van der Waals surface area contributed by atoms with E-state index < -0.39 is 0 Å². The third-order valence-corrected chi connectivity index (χ3v) is 3.32. The minimum Gasteiger partial charge on any atom is -0.0656 e. The van der Waals surface area contributed by atoms with Gasteiger partial charge in [-0.05, 0) is 63.8 Å². The van der Waals surface area contributed by atoms with Gasteiger partial charge in [0, 0.05) is 0 Å². The highest BCUT2D eigenvalue weighted by atomic mass is 14.0. The SMILES string of the molecule is CCC.Cc1ccc(C)c(C)c1.Cc1ccc(C)c(C)c1. The maximum absolute atomic E-state index is 2.20. The molecule has 0 fully saturated rings. The number of hydrogen-bond acceptors (Lipinski definition) is 0. The molecule has 0 bridgehead atoms. The van der Waals surface area contributed by atoms with Crippen LogP contribution in [0.2, 0.25) is 0 Å². The second kappa shape index (κ2) is 10.2. The lowest BCUT2D eigenvalue weighted by Gasteiger charge is -1.98. The van der Waals surface area contributed by atoms with E-state index >= 15 is 0 Å². The van der Waals surface area contributed by atoms with Gasteiger partial charge in [-0.3, -0.25) is 0 Å². The highest BCUT2D eigenvalue weighted by Gasteiger charge is 1.89. The highest BCUT2D eigenvalue weighted by Crippen LogP contribution is 2.08. The molecule has 0 radical (unpaired) electrons. The van der Waals surface area contributed by atoms with Crippen molar-refractivity contribution < 1.29 is 0 Å². The van der Waals surface area contributed by atoms with Crippen LogP contribution in [0, 0.1) is 41.5 Å². The molecule has 0 aliphatic rings. The molecule has 0 aliphatic carbocycles. The minimum absolute atomic E-state index is 1.25. The highest BCUT2D eigenvalue weighted by molar-refractivity contribution is 5.29. The van der Waals surface area contributed by atoms with Crippen LogP contribution >= 0.6 is 0 Å². The predicted molar refractivity (Wildman–Crippen MR) is 97.3 cm³/mol. The molecule has 116 valence electrons. The first-order valence-electron chi connectivity index (χ1n) is 7.89. The molecule has 0 saturated carbocycles. The van der Waals surface area contributed by atoms with E-state index in [0.29, 0.717) is 0 Å². The van der Waals surface area contributed by atoms with Crippen molar-refractivity contribution in [3.63, 3.8) is 0 Å². The standard InChI is InChI=1S/2C9H12.C3H8/c2*1-7-4-5-8(2)9(3)6-7;1-3-2/h2*4-6H,1-3H3;3H2,1-2H3. The minimum atomic E-state index is 1.25. The molecule has 0 atom stereocenters. The predicted octanol–water partition coefficient (Wildman–Crippen LogP) is 6.64. The van der Waals surface area contributed by atoms with Gasteiger partial charge in [-0.2, -0.15) is 0 Å². The lowest BCUT2D eigenvalue weighted by atomic mass is 10.1. The molecule has 0 heteroatoms. The first-order valence-corrected chi connectivity index (χ1v) is 7.89. The molecule has 0 saturated heterocycles. The van der Waals surface area contributed by atoms with Crippen LogP contribution in [0.5, 0.6) is 0 Å². The third-order valence-electron chi connectivity index (χ3n) is 3.32. The molecular formula is C21H32. The molecule has 2 rings (SSSR count). The van der Waals surface area contributed by atoms with Gasteiger partial charge in [-0.1, -0.05) is 67.8 Å². The van der Waals surface area contributed by atoms with Crippen molar-refractivity contribution in [2.75, 3.05) is 0 Å². The fourth-order valence-corrected chi connectivity index (χ4v) is 1.78. The van der Waals surface area contributed by atoms with Crippen molar-refractivity contribution in [1.82, 2.24) is 0 Å². The molecule has 0 N–H and O–H groups in total. The summed E-state index contributed by atoms with van der Waals surface area (Å²) in [7, 11) is 0. The zero-order valence-electron chi connectivity index (χ0n) is 15.2. The summed E-state index contributed by atoms with van der Waals surface area (Å²) in [4.78, 5) is 0. The van der Waals surface area contributed by atoms with Gasteiger partial charge in [-0.15, -0.1) is 0 Å². The van der Waals surface area contributed by atoms with E-state index in [2.05, 4.69) is 91.8 Å². The molecular weight excluding hydrogens is 252 g/mol. The van der Waals surface area contributed by atoms with Crippen molar-refractivity contribution in [2.24, 2.45) is 0 Å². The van der Waals surface area contributed by atoms with Gasteiger partial charge in [0.1, 0.15) is 0 Å². The van der Waals surface area contributed by atoms with Crippen LogP contribution in [-0.4, -0.2) is 0 Å². The number of rotatable bonds is 0. The van der Waals surface area contributed by atoms with Gasteiger partial charge < -0.3 is 0 Å². The van der Waals surface area contributed by atoms with E-state index in [4.69, 9.17) is 0 Å². The summed E-state index contributed by atoms with van der Waals surface area (Å²) in [5, 5.41) is 0. The average molecular weight is 284 g/mol. The van der Waals surface area contributed by atoms with Gasteiger partial charge in [0.15, 0.2) is 0 Å². The maximum atomic E-state index is 2.20. The molecule has 0 spiro atoms. The van der Waals surface area contributed by atoms with Gasteiger partial charge >= 0.3 is 0 Å². The molecule has 0 nitrogen and oxygen atoms in total. The second-order valence-corrected chi connectivity index (χ2v) is 5.88. The average Bonchev–Trinajstić information content (AvgIpc) is 2.41. The van der Waals surface area contributed by atoms with Crippen LogP contribution in [0.4, 0.5) is 0 Å². The van der Waals surface area contributed by atoms with Crippen molar-refractivity contribution in [3.8, 4) is 0 Å². The largest absolute Gasteiger partial charge is 0.0656 e. The van der Waals surface area contributed by atoms with E-state index in [1.807, 2.05) is 0 Å². The van der Waals surface area contributed by atoms with Crippen LogP contribution in [0.15, 0.2) is 36.4 Å². The monoisotopic (exact) mass is 284 g/mol. The Bertz CT molecular complexity index is 486. The Morgan fingerprint density at radius 2 is 0.810 bits per heavy atom. The Labute approximate surface area is 132 Å². The summed E-state index contributed by atoms with van der Waals surface area (Å²) in [6.45, 7) is 17.0. The summed E-state index contributed by atoms with van der Waals surface area (Å²) >= 11 is 0. The quantitative estimate of drug-likeness (QED) is 0.508. The number of aryl methyl sites for hydroxylation is 6. The van der Waals surface area contributed by atoms with Gasteiger partial charge in [-0.25, -0.2) is 0 Å². The Kier molecular flexibility index (Phi) is 9.45. The Morgan fingerprint density at radius 1 is 0.524 bits per heavy atom. The van der Waals surface area contributed by atoms with Crippen molar-refractivity contribution in [1.29, 1.82) is 0 Å². The maximum Gasteiger partial charge on any atom is -0.0395 e. The lowest BCUT2D eigenvalue weighted by Crippen LogP contribution is -1.79. The number of hydrogen-bond donors (Lipinski definition) is 0. The molecule has 0 heterocycles. The van der Waals surface area contributed by atoms with Crippen LogP contribution in [0.3, 0.4) is 0 Å². The van der Waals surface area contributed by atoms with E-state index in [9.17, 15) is 0 Å². The first kappa shape index (κ1) is 19.4. The summed E-state index contributed by atoms with van der Waals surface area (Å²) in [6, 6.07) is 13.0. The van der Waals surface area contributed by atoms with E-state index in [1.54, 1.807) is 0 Å². The van der Waals surface area contributed by atoms with Crippen molar-refractivity contribution in [3.05, 3.63) is 69.8 Å². The van der Waals surface area contributed by atoms with Gasteiger partial charge in [0.2, 0.25) is 0 Å². The third kappa shape index (κ3) is 8.34. The summed E-state index contributed by atoms with van der Waals surface area (Å²) < 4.78 is 0. The van der Waals surface area contributed by atoms with Gasteiger partial charge in [0.05, 0.1) is 0 Å². The zero-order valence-corrected chi connectivity index (χ0v) is 15.2. The normalized spacial score (nSPS) is 9.14. The fraction of sp³-hybridized carbons (Fsp3) is 0.429. The molecule has 0 aromatic heterocycles. The summed E-state index contributed by atoms with van der Waals surface area (Å²) in [5.74, 6) is 0. The second-order valence-electron chi connectivity index (χ2n) is 5.88. The summed E-state index contributed by atoms with van der Waals surface area (Å²) in [5.41, 5.74) is 8.21. The summed E-state index contributed by atoms with van der Waals surface area (Å²) in [6.07, 6.45) is 1.25. The van der Waals surface area contributed by atoms with Crippen LogP contribution in [0.25, 0.3) is 0 Å². The van der Waals surface area contributed by atoms with E-state index in [-0.39, 0.29) is 0 Å². The number of benzene rings is 2. The molecule has 0 amide bonds. The van der Waals surface area contributed by atoms with E-state index in [0.717, 1.165) is 0 Å². The molecule has 2 aromatic rings. The molecule has 2 aromatic carbocycles. The fourth-order valence-electron chi connectivity index (χ4n) is 1.78. The van der Waals surface area contributed by atoms with Crippen molar-refractivity contribution >= 4 is 0 Å². The van der Waals surface area contributed by atoms with Crippen LogP contribution in [-0.2, 0) is 0 Å². The molecule has 0 unspecified atom stereocenters. The molecule has 21 heavy (non-hydrogen) atoms. The molecule has 0 aliphatic heterocycles. The van der Waals surface area contributed by atoms with Crippen LogP contribution in [0.1, 0.15) is 53.6 Å². The smallest absolute Gasteiger partial charge is 0.0395 e. The van der Waals surface area contributed by atoms with Gasteiger partial charge in [0.25, 0.3) is 0 Å². The topological polar surface area (TPSA) is 0 Å². The van der Waals surface area contributed by atoms with Crippen LogP contribution < -0.4 is 0 Å². The Morgan fingerprint density at radius 3 is 1.00 bits per heavy atom. The first-order chi connectivity index (χ1) is 9.81. The lowest BCUT2D eigenvalue weighted by molar-refractivity contribution is 1.09. The Balaban J connectivity index is 0.000000322. The zero-order chi connectivity index (χ0) is 16.4. The van der Waals surface area contributed by atoms with E-state index in [1.165, 1.54) is 39.8 Å².